The zero-order valence-electron chi connectivity index (χ0n) is 15.4. The summed E-state index contributed by atoms with van der Waals surface area (Å²) in [4.78, 5) is 39.9. The number of benzene rings is 2. The number of fused-ring (bicyclic) bond motifs is 2. The Bertz CT molecular complexity index is 911. The standard InChI is InChI=1S/C21H20N2O4S/c1-28-12-17(23-20(25)13-6-2-3-7-14(13)21(23)26)19(24)22-16-10-11-27-18-9-5-4-8-15(16)18/h2-9,16-17H,10-12H2,1H3,(H,22,24)/t16-,17+/m1/s1. The van der Waals surface area contributed by atoms with E-state index in [-0.39, 0.29) is 11.9 Å². The molecule has 0 fully saturated rings. The van der Waals surface area contributed by atoms with Crippen molar-refractivity contribution in [2.45, 2.75) is 18.5 Å². The van der Waals surface area contributed by atoms with E-state index < -0.39 is 17.9 Å². The molecule has 0 aliphatic carbocycles. The van der Waals surface area contributed by atoms with Crippen molar-refractivity contribution in [3.05, 3.63) is 65.2 Å². The maximum absolute atomic E-state index is 13.1. The van der Waals surface area contributed by atoms with Crippen LogP contribution in [-0.4, -0.2) is 47.3 Å². The predicted octanol–water partition coefficient (Wildman–Crippen LogP) is 2.65. The molecule has 6 nitrogen and oxygen atoms in total. The number of carbonyl (C=O) groups is 3. The molecule has 2 atom stereocenters. The molecule has 0 aromatic heterocycles. The van der Waals surface area contributed by atoms with E-state index in [0.717, 1.165) is 16.2 Å². The van der Waals surface area contributed by atoms with E-state index in [9.17, 15) is 14.4 Å². The first kappa shape index (κ1) is 18.6. The number of nitrogens with zero attached hydrogens (tertiary/aromatic N) is 1. The van der Waals surface area contributed by atoms with Crippen LogP contribution in [0.3, 0.4) is 0 Å². The molecule has 2 heterocycles. The highest BCUT2D eigenvalue weighted by molar-refractivity contribution is 7.98. The smallest absolute Gasteiger partial charge is 0.262 e. The Hall–Kier alpha value is -2.80. The molecule has 28 heavy (non-hydrogen) atoms. The van der Waals surface area contributed by atoms with Crippen LogP contribution >= 0.6 is 11.8 Å². The topological polar surface area (TPSA) is 75.7 Å². The van der Waals surface area contributed by atoms with Crippen molar-refractivity contribution >= 4 is 29.5 Å². The van der Waals surface area contributed by atoms with Crippen molar-refractivity contribution in [3.63, 3.8) is 0 Å². The number of hydrogen-bond donors (Lipinski definition) is 1. The number of para-hydroxylation sites is 1. The molecular formula is C21H20N2O4S. The van der Waals surface area contributed by atoms with Gasteiger partial charge in [-0.1, -0.05) is 30.3 Å². The van der Waals surface area contributed by atoms with Crippen LogP contribution in [0.1, 0.15) is 38.7 Å². The molecule has 7 heteroatoms. The minimum absolute atomic E-state index is 0.211. The molecule has 1 N–H and O–H groups in total. The maximum Gasteiger partial charge on any atom is 0.262 e. The van der Waals surface area contributed by atoms with Crippen LogP contribution in [0.4, 0.5) is 0 Å². The Kier molecular flexibility index (Phi) is 5.09. The van der Waals surface area contributed by atoms with Gasteiger partial charge in [0.2, 0.25) is 5.91 Å². The lowest BCUT2D eigenvalue weighted by molar-refractivity contribution is -0.125. The van der Waals surface area contributed by atoms with Gasteiger partial charge in [-0.3, -0.25) is 19.3 Å². The molecule has 0 radical (unpaired) electrons. The second-order valence-electron chi connectivity index (χ2n) is 6.73. The van der Waals surface area contributed by atoms with Gasteiger partial charge < -0.3 is 10.1 Å². The molecule has 2 aliphatic rings. The fourth-order valence-corrected chi connectivity index (χ4v) is 4.29. The van der Waals surface area contributed by atoms with Gasteiger partial charge >= 0.3 is 0 Å². The molecular weight excluding hydrogens is 376 g/mol. The van der Waals surface area contributed by atoms with Gasteiger partial charge in [0, 0.05) is 17.7 Å². The molecule has 0 unspecified atom stereocenters. The second kappa shape index (κ2) is 7.67. The van der Waals surface area contributed by atoms with E-state index in [1.807, 2.05) is 30.5 Å². The highest BCUT2D eigenvalue weighted by Crippen LogP contribution is 2.32. The summed E-state index contributed by atoms with van der Waals surface area (Å²) in [5.74, 6) is -0.0709. The predicted molar refractivity (Wildman–Crippen MR) is 107 cm³/mol. The number of amides is 3. The SMILES string of the molecule is CSC[C@@H](C(=O)N[C@@H]1CCOc2ccccc21)N1C(=O)c2ccccc2C1=O. The maximum atomic E-state index is 13.1. The zero-order chi connectivity index (χ0) is 19.7. The summed E-state index contributed by atoms with van der Waals surface area (Å²) in [5.41, 5.74) is 1.61. The number of rotatable bonds is 5. The first-order valence-electron chi connectivity index (χ1n) is 9.09. The van der Waals surface area contributed by atoms with Gasteiger partial charge in [-0.05, 0) is 24.5 Å². The van der Waals surface area contributed by atoms with E-state index in [2.05, 4.69) is 5.32 Å². The molecule has 2 aromatic carbocycles. The van der Waals surface area contributed by atoms with Crippen molar-refractivity contribution in [2.24, 2.45) is 0 Å². The van der Waals surface area contributed by atoms with Crippen molar-refractivity contribution in [1.29, 1.82) is 0 Å². The van der Waals surface area contributed by atoms with Crippen LogP contribution < -0.4 is 10.1 Å². The molecule has 0 spiro atoms. The average Bonchev–Trinajstić information content (AvgIpc) is 2.97. The fourth-order valence-electron chi connectivity index (χ4n) is 3.68. The molecule has 144 valence electrons. The summed E-state index contributed by atoms with van der Waals surface area (Å²) in [7, 11) is 0. The zero-order valence-corrected chi connectivity index (χ0v) is 16.2. The third-order valence-electron chi connectivity index (χ3n) is 5.04. The van der Waals surface area contributed by atoms with Crippen molar-refractivity contribution in [1.82, 2.24) is 10.2 Å². The minimum atomic E-state index is -0.864. The second-order valence-corrected chi connectivity index (χ2v) is 7.64. The van der Waals surface area contributed by atoms with Crippen LogP contribution in [0.15, 0.2) is 48.5 Å². The Morgan fingerprint density at radius 2 is 1.79 bits per heavy atom. The fraction of sp³-hybridized carbons (Fsp3) is 0.286. The summed E-state index contributed by atoms with van der Waals surface area (Å²) in [5, 5.41) is 3.03. The molecule has 3 amide bonds. The van der Waals surface area contributed by atoms with Gasteiger partial charge in [0.25, 0.3) is 11.8 Å². The van der Waals surface area contributed by atoms with Gasteiger partial charge in [-0.25, -0.2) is 0 Å². The normalized spacial score (nSPS) is 18.9. The van der Waals surface area contributed by atoms with Crippen LogP contribution in [0, 0.1) is 0 Å². The van der Waals surface area contributed by atoms with Crippen LogP contribution in [0.2, 0.25) is 0 Å². The molecule has 0 saturated carbocycles. The lowest BCUT2D eigenvalue weighted by Crippen LogP contribution is -2.52. The number of carbonyl (C=O) groups excluding carboxylic acids is 3. The molecule has 4 rings (SSSR count). The number of thioether (sulfide) groups is 1. The van der Waals surface area contributed by atoms with Crippen LogP contribution in [-0.2, 0) is 4.79 Å². The van der Waals surface area contributed by atoms with Crippen LogP contribution in [0.25, 0.3) is 0 Å². The van der Waals surface area contributed by atoms with Crippen molar-refractivity contribution in [2.75, 3.05) is 18.6 Å². The lowest BCUT2D eigenvalue weighted by atomic mass is 10.00. The third kappa shape index (κ3) is 3.16. The lowest BCUT2D eigenvalue weighted by Gasteiger charge is -2.30. The van der Waals surface area contributed by atoms with E-state index in [0.29, 0.717) is 29.9 Å². The van der Waals surface area contributed by atoms with Gasteiger partial charge in [0.1, 0.15) is 11.8 Å². The summed E-state index contributed by atoms with van der Waals surface area (Å²) in [6, 6.07) is 13.2. The van der Waals surface area contributed by atoms with Gasteiger partial charge in [-0.2, -0.15) is 11.8 Å². The number of nitrogens with one attached hydrogen (secondary N) is 1. The highest BCUT2D eigenvalue weighted by Gasteiger charge is 2.43. The van der Waals surface area contributed by atoms with Crippen molar-refractivity contribution < 1.29 is 19.1 Å². The molecule has 0 bridgehead atoms. The number of ether oxygens (including phenoxy) is 1. The molecule has 2 aliphatic heterocycles. The Morgan fingerprint density at radius 1 is 1.14 bits per heavy atom. The monoisotopic (exact) mass is 396 g/mol. The van der Waals surface area contributed by atoms with E-state index in [1.165, 1.54) is 11.8 Å². The Balaban J connectivity index is 1.59. The number of hydrogen-bond acceptors (Lipinski definition) is 5. The summed E-state index contributed by atoms with van der Waals surface area (Å²) in [6.07, 6.45) is 2.49. The Labute approximate surface area is 167 Å². The molecule has 0 saturated heterocycles. The van der Waals surface area contributed by atoms with E-state index >= 15 is 0 Å². The highest BCUT2D eigenvalue weighted by atomic mass is 32.2. The van der Waals surface area contributed by atoms with E-state index in [4.69, 9.17) is 4.74 Å². The Morgan fingerprint density at radius 3 is 2.46 bits per heavy atom. The third-order valence-corrected chi connectivity index (χ3v) is 5.69. The minimum Gasteiger partial charge on any atom is -0.493 e. The van der Waals surface area contributed by atoms with Crippen LogP contribution in [0.5, 0.6) is 5.75 Å². The van der Waals surface area contributed by atoms with E-state index in [1.54, 1.807) is 24.3 Å². The first-order chi connectivity index (χ1) is 13.6. The largest absolute Gasteiger partial charge is 0.493 e. The summed E-state index contributed by atoms with van der Waals surface area (Å²) in [6.45, 7) is 0.502. The van der Waals surface area contributed by atoms with Gasteiger partial charge in [0.05, 0.1) is 23.8 Å². The van der Waals surface area contributed by atoms with Gasteiger partial charge in [-0.15, -0.1) is 0 Å². The average molecular weight is 396 g/mol. The quantitative estimate of drug-likeness (QED) is 0.787. The summed E-state index contributed by atoms with van der Waals surface area (Å²) < 4.78 is 5.65. The summed E-state index contributed by atoms with van der Waals surface area (Å²) >= 11 is 1.42. The number of imide groups is 1. The first-order valence-corrected chi connectivity index (χ1v) is 10.5. The molecule has 2 aromatic rings. The van der Waals surface area contributed by atoms with Gasteiger partial charge in [0.15, 0.2) is 0 Å². The van der Waals surface area contributed by atoms with Crippen molar-refractivity contribution in [3.8, 4) is 5.75 Å².